The van der Waals surface area contributed by atoms with Crippen LogP contribution in [0.3, 0.4) is 0 Å². The second kappa shape index (κ2) is 7.21. The summed E-state index contributed by atoms with van der Waals surface area (Å²) in [6, 6.07) is 7.75. The summed E-state index contributed by atoms with van der Waals surface area (Å²) in [4.78, 5) is 13.8. The van der Waals surface area contributed by atoms with Gasteiger partial charge in [0.1, 0.15) is 0 Å². The van der Waals surface area contributed by atoms with Gasteiger partial charge in [0.25, 0.3) is 0 Å². The van der Waals surface area contributed by atoms with Crippen molar-refractivity contribution < 1.29 is 4.79 Å². The lowest BCUT2D eigenvalue weighted by molar-refractivity contribution is -0.128. The molecule has 98 valence electrons. The minimum Gasteiger partial charge on any atom is -0.375 e. The van der Waals surface area contributed by atoms with Crippen molar-refractivity contribution in [3.63, 3.8) is 0 Å². The number of rotatable bonds is 6. The number of anilines is 1. The number of nitrogens with one attached hydrogen (secondary N) is 1. The van der Waals surface area contributed by atoms with Crippen molar-refractivity contribution in [1.82, 2.24) is 4.90 Å². The molecule has 0 atom stereocenters. The zero-order chi connectivity index (χ0) is 13.5. The highest BCUT2D eigenvalue weighted by molar-refractivity contribution is 9.10. The van der Waals surface area contributed by atoms with Gasteiger partial charge >= 0.3 is 0 Å². The molecule has 4 heteroatoms. The molecular formula is C14H19BrN2O. The maximum atomic E-state index is 12.0. The second-order valence-electron chi connectivity index (χ2n) is 4.20. The molecule has 0 bridgehead atoms. The summed E-state index contributed by atoms with van der Waals surface area (Å²) in [6.45, 7) is 9.35. The highest BCUT2D eigenvalue weighted by Gasteiger charge is 2.11. The van der Waals surface area contributed by atoms with E-state index < -0.39 is 0 Å². The van der Waals surface area contributed by atoms with Crippen LogP contribution in [0.5, 0.6) is 0 Å². The predicted molar refractivity (Wildman–Crippen MR) is 79.7 cm³/mol. The Morgan fingerprint density at radius 3 is 2.67 bits per heavy atom. The third kappa shape index (κ3) is 4.53. The third-order valence-electron chi connectivity index (χ3n) is 2.50. The van der Waals surface area contributed by atoms with Crippen molar-refractivity contribution in [2.45, 2.75) is 13.8 Å². The van der Waals surface area contributed by atoms with E-state index in [1.807, 2.05) is 38.1 Å². The van der Waals surface area contributed by atoms with Crippen LogP contribution in [0.2, 0.25) is 0 Å². The highest BCUT2D eigenvalue weighted by atomic mass is 79.9. The van der Waals surface area contributed by atoms with Crippen molar-refractivity contribution in [2.24, 2.45) is 0 Å². The summed E-state index contributed by atoms with van der Waals surface area (Å²) in [7, 11) is 0. The first-order valence-corrected chi connectivity index (χ1v) is 6.74. The van der Waals surface area contributed by atoms with Gasteiger partial charge in [0.2, 0.25) is 5.91 Å². The van der Waals surface area contributed by atoms with Crippen molar-refractivity contribution >= 4 is 27.5 Å². The fourth-order valence-electron chi connectivity index (χ4n) is 1.59. The first-order valence-electron chi connectivity index (χ1n) is 5.95. The zero-order valence-corrected chi connectivity index (χ0v) is 12.5. The molecule has 0 radical (unpaired) electrons. The number of para-hydroxylation sites is 1. The quantitative estimate of drug-likeness (QED) is 0.818. The van der Waals surface area contributed by atoms with Gasteiger partial charge < -0.3 is 10.2 Å². The lowest BCUT2D eigenvalue weighted by Gasteiger charge is -2.21. The highest BCUT2D eigenvalue weighted by Crippen LogP contribution is 2.20. The summed E-state index contributed by atoms with van der Waals surface area (Å²) >= 11 is 3.44. The van der Waals surface area contributed by atoms with Gasteiger partial charge in [-0.25, -0.2) is 0 Å². The van der Waals surface area contributed by atoms with Gasteiger partial charge in [0, 0.05) is 23.2 Å². The minimum absolute atomic E-state index is 0.0799. The minimum atomic E-state index is 0.0799. The van der Waals surface area contributed by atoms with Crippen molar-refractivity contribution in [3.8, 4) is 0 Å². The lowest BCUT2D eigenvalue weighted by atomic mass is 10.3. The number of hydrogen-bond donors (Lipinski definition) is 1. The number of likely N-dealkylation sites (N-methyl/N-ethyl adjacent to an activating group) is 1. The predicted octanol–water partition coefficient (Wildman–Crippen LogP) is 3.29. The summed E-state index contributed by atoms with van der Waals surface area (Å²) in [5.41, 5.74) is 1.92. The molecule has 1 N–H and O–H groups in total. The van der Waals surface area contributed by atoms with Gasteiger partial charge in [-0.05, 0) is 41.9 Å². The van der Waals surface area contributed by atoms with E-state index in [2.05, 4.69) is 27.8 Å². The van der Waals surface area contributed by atoms with Crippen molar-refractivity contribution in [3.05, 3.63) is 40.9 Å². The fourth-order valence-corrected chi connectivity index (χ4v) is 2.01. The maximum absolute atomic E-state index is 12.0. The Balaban J connectivity index is 2.54. The van der Waals surface area contributed by atoms with Crippen LogP contribution in [0.15, 0.2) is 40.9 Å². The van der Waals surface area contributed by atoms with Gasteiger partial charge in [-0.3, -0.25) is 4.79 Å². The molecule has 0 saturated heterocycles. The van der Waals surface area contributed by atoms with Gasteiger partial charge in [0.05, 0.1) is 6.54 Å². The Morgan fingerprint density at radius 2 is 2.11 bits per heavy atom. The van der Waals surface area contributed by atoms with E-state index in [4.69, 9.17) is 0 Å². The van der Waals surface area contributed by atoms with E-state index in [1.54, 1.807) is 4.90 Å². The summed E-state index contributed by atoms with van der Waals surface area (Å²) in [6.07, 6.45) is 0. The van der Waals surface area contributed by atoms with Crippen LogP contribution in [0.25, 0.3) is 0 Å². The molecule has 18 heavy (non-hydrogen) atoms. The maximum Gasteiger partial charge on any atom is 0.242 e. The van der Waals surface area contributed by atoms with Crippen LogP contribution in [-0.2, 0) is 4.79 Å². The van der Waals surface area contributed by atoms with Crippen LogP contribution in [0.4, 0.5) is 5.69 Å². The smallest absolute Gasteiger partial charge is 0.242 e. The van der Waals surface area contributed by atoms with E-state index in [9.17, 15) is 4.79 Å². The molecule has 0 fully saturated rings. The Bertz CT molecular complexity index is 432. The number of carbonyl (C=O) groups is 1. The first kappa shape index (κ1) is 14.8. The number of amides is 1. The lowest BCUT2D eigenvalue weighted by Crippen LogP contribution is -2.36. The van der Waals surface area contributed by atoms with Crippen LogP contribution >= 0.6 is 15.9 Å². The first-order chi connectivity index (χ1) is 8.54. The van der Waals surface area contributed by atoms with Gasteiger partial charge in [-0.2, -0.15) is 0 Å². The summed E-state index contributed by atoms with van der Waals surface area (Å²) in [5, 5.41) is 3.13. The van der Waals surface area contributed by atoms with Gasteiger partial charge in [-0.1, -0.05) is 24.3 Å². The molecule has 0 aliphatic heterocycles. The monoisotopic (exact) mass is 310 g/mol. The number of halogens is 1. The molecule has 0 unspecified atom stereocenters. The van der Waals surface area contributed by atoms with Gasteiger partial charge in [0.15, 0.2) is 0 Å². The molecule has 1 aromatic rings. The SMILES string of the molecule is C=C(C)CN(CC)C(=O)CNc1ccccc1Br. The number of benzene rings is 1. The average Bonchev–Trinajstić information content (AvgIpc) is 2.34. The second-order valence-corrected chi connectivity index (χ2v) is 5.05. The topological polar surface area (TPSA) is 32.3 Å². The van der Waals surface area contributed by atoms with Crippen LogP contribution in [0.1, 0.15) is 13.8 Å². The Labute approximate surface area is 117 Å². The summed E-state index contributed by atoms with van der Waals surface area (Å²) in [5.74, 6) is 0.0799. The Morgan fingerprint density at radius 1 is 1.44 bits per heavy atom. The zero-order valence-electron chi connectivity index (χ0n) is 10.9. The van der Waals surface area contributed by atoms with Crippen LogP contribution < -0.4 is 5.32 Å². The number of carbonyl (C=O) groups excluding carboxylic acids is 1. The van der Waals surface area contributed by atoms with Gasteiger partial charge in [-0.15, -0.1) is 0 Å². The van der Waals surface area contributed by atoms with E-state index >= 15 is 0 Å². The van der Waals surface area contributed by atoms with E-state index in [0.717, 1.165) is 15.7 Å². The molecule has 1 aromatic carbocycles. The molecule has 0 aliphatic carbocycles. The third-order valence-corrected chi connectivity index (χ3v) is 3.19. The van der Waals surface area contributed by atoms with Crippen LogP contribution in [0, 0.1) is 0 Å². The summed E-state index contributed by atoms with van der Waals surface area (Å²) < 4.78 is 0.959. The molecule has 1 rings (SSSR count). The fraction of sp³-hybridized carbons (Fsp3) is 0.357. The Hall–Kier alpha value is -1.29. The largest absolute Gasteiger partial charge is 0.375 e. The van der Waals surface area contributed by atoms with Crippen molar-refractivity contribution in [2.75, 3.05) is 25.0 Å². The molecule has 0 spiro atoms. The number of nitrogens with zero attached hydrogens (tertiary/aromatic N) is 1. The molecule has 3 nitrogen and oxygen atoms in total. The molecule has 0 heterocycles. The normalized spacial score (nSPS) is 9.94. The average molecular weight is 311 g/mol. The van der Waals surface area contributed by atoms with Crippen molar-refractivity contribution in [1.29, 1.82) is 0 Å². The molecule has 0 saturated carbocycles. The molecular weight excluding hydrogens is 292 g/mol. The van der Waals surface area contributed by atoms with E-state index in [-0.39, 0.29) is 5.91 Å². The molecule has 0 aliphatic rings. The molecule has 1 amide bonds. The van der Waals surface area contributed by atoms with Crippen LogP contribution in [-0.4, -0.2) is 30.4 Å². The van der Waals surface area contributed by atoms with E-state index in [0.29, 0.717) is 19.6 Å². The number of hydrogen-bond acceptors (Lipinski definition) is 2. The Kier molecular flexibility index (Phi) is 5.92. The standard InChI is InChI=1S/C14H19BrN2O/c1-4-17(10-11(2)3)14(18)9-16-13-8-6-5-7-12(13)15/h5-8,16H,2,4,9-10H2,1,3H3. The molecule has 0 aromatic heterocycles. The van der Waals surface area contributed by atoms with E-state index in [1.165, 1.54) is 0 Å².